The van der Waals surface area contributed by atoms with Crippen molar-refractivity contribution in [3.05, 3.63) is 24.0 Å². The highest BCUT2D eigenvalue weighted by Gasteiger charge is 2.26. The van der Waals surface area contributed by atoms with Crippen molar-refractivity contribution in [3.63, 3.8) is 0 Å². The van der Waals surface area contributed by atoms with E-state index < -0.39 is 0 Å². The number of halogens is 2. The van der Waals surface area contributed by atoms with Crippen LogP contribution >= 0.6 is 15.9 Å². The minimum Gasteiger partial charge on any atom is -0.339 e. The largest absolute Gasteiger partial charge is 0.339 e. The molecule has 1 fully saturated rings. The van der Waals surface area contributed by atoms with Crippen molar-refractivity contribution in [2.24, 2.45) is 0 Å². The van der Waals surface area contributed by atoms with Gasteiger partial charge in [0.15, 0.2) is 0 Å². The summed E-state index contributed by atoms with van der Waals surface area (Å²) in [5.41, 5.74) is 1.61. The fourth-order valence-corrected chi connectivity index (χ4v) is 2.75. The van der Waals surface area contributed by atoms with Gasteiger partial charge < -0.3 is 9.88 Å². The van der Waals surface area contributed by atoms with E-state index in [0.29, 0.717) is 6.04 Å². The molecule has 3 nitrogen and oxygen atoms in total. The molecule has 1 aromatic heterocycles. The topological polar surface area (TPSA) is 31.9 Å². The Morgan fingerprint density at radius 3 is 2.95 bits per heavy atom. The average Bonchev–Trinajstić information content (AvgIpc) is 2.74. The average molecular weight is 326 g/mol. The van der Waals surface area contributed by atoms with Crippen molar-refractivity contribution in [1.29, 1.82) is 0 Å². The molecule has 1 saturated carbocycles. The quantitative estimate of drug-likeness (QED) is 0.847. The molecular formula is C14H17BrFN3. The van der Waals surface area contributed by atoms with E-state index in [1.807, 2.05) is 0 Å². The van der Waals surface area contributed by atoms with Crippen molar-refractivity contribution in [2.75, 3.05) is 16.8 Å². The number of anilines is 1. The molecule has 1 aliphatic rings. The molecule has 1 aromatic carbocycles. The van der Waals surface area contributed by atoms with Crippen molar-refractivity contribution in [1.82, 2.24) is 9.97 Å². The standard InChI is InChI=1S/C14H17BrFN3/c15-7-2-8-19(11-3-1-4-11)14-17-12-6-5-10(16)9-13(12)18-14/h5-6,9,11H,1-4,7-8H2,(H,17,18). The first-order chi connectivity index (χ1) is 9.28. The van der Waals surface area contributed by atoms with Crippen LogP contribution in [-0.4, -0.2) is 27.9 Å². The molecule has 1 N–H and O–H groups in total. The Hall–Kier alpha value is -1.10. The van der Waals surface area contributed by atoms with Gasteiger partial charge in [-0.3, -0.25) is 0 Å². The van der Waals surface area contributed by atoms with Gasteiger partial charge in [0, 0.05) is 17.9 Å². The Morgan fingerprint density at radius 2 is 2.26 bits per heavy atom. The van der Waals surface area contributed by atoms with Gasteiger partial charge in [0.2, 0.25) is 5.95 Å². The Balaban J connectivity index is 1.89. The van der Waals surface area contributed by atoms with E-state index in [4.69, 9.17) is 0 Å². The summed E-state index contributed by atoms with van der Waals surface area (Å²) >= 11 is 3.48. The van der Waals surface area contributed by atoms with Crippen LogP contribution in [0.5, 0.6) is 0 Å². The van der Waals surface area contributed by atoms with Crippen molar-refractivity contribution in [2.45, 2.75) is 31.7 Å². The Labute approximate surface area is 120 Å². The lowest BCUT2D eigenvalue weighted by Crippen LogP contribution is -2.41. The number of H-pyrrole nitrogens is 1. The van der Waals surface area contributed by atoms with Crippen LogP contribution < -0.4 is 4.90 Å². The van der Waals surface area contributed by atoms with Crippen LogP contribution in [0.4, 0.5) is 10.3 Å². The zero-order chi connectivity index (χ0) is 13.2. The van der Waals surface area contributed by atoms with Gasteiger partial charge in [0.25, 0.3) is 0 Å². The van der Waals surface area contributed by atoms with E-state index in [0.717, 1.165) is 35.3 Å². The molecule has 5 heteroatoms. The van der Waals surface area contributed by atoms with E-state index in [2.05, 4.69) is 30.8 Å². The second kappa shape index (κ2) is 5.49. The lowest BCUT2D eigenvalue weighted by atomic mass is 9.91. The molecule has 0 unspecified atom stereocenters. The summed E-state index contributed by atoms with van der Waals surface area (Å²) in [6.45, 7) is 0.984. The monoisotopic (exact) mass is 325 g/mol. The van der Waals surface area contributed by atoms with E-state index >= 15 is 0 Å². The summed E-state index contributed by atoms with van der Waals surface area (Å²) in [7, 11) is 0. The number of aromatic nitrogens is 2. The first-order valence-corrected chi connectivity index (χ1v) is 7.88. The Morgan fingerprint density at radius 1 is 1.42 bits per heavy atom. The molecular weight excluding hydrogens is 309 g/mol. The summed E-state index contributed by atoms with van der Waals surface area (Å²) in [6, 6.07) is 5.28. The SMILES string of the molecule is Fc1ccc2nc(N(CCCBr)C3CCC3)[nH]c2c1. The van der Waals surface area contributed by atoms with Gasteiger partial charge in [-0.1, -0.05) is 15.9 Å². The highest BCUT2D eigenvalue weighted by molar-refractivity contribution is 9.09. The molecule has 0 bridgehead atoms. The molecule has 0 atom stereocenters. The number of rotatable bonds is 5. The number of fused-ring (bicyclic) bond motifs is 1. The third kappa shape index (κ3) is 2.61. The maximum absolute atomic E-state index is 13.2. The molecule has 19 heavy (non-hydrogen) atoms. The number of nitrogens with zero attached hydrogens (tertiary/aromatic N) is 2. The second-order valence-corrected chi connectivity index (χ2v) is 5.84. The molecule has 0 spiro atoms. The third-order valence-corrected chi connectivity index (χ3v) is 4.31. The van der Waals surface area contributed by atoms with E-state index in [1.165, 1.54) is 31.4 Å². The Bertz CT molecular complexity index is 565. The molecule has 0 aliphatic heterocycles. The van der Waals surface area contributed by atoms with Crippen LogP contribution in [-0.2, 0) is 0 Å². The van der Waals surface area contributed by atoms with Gasteiger partial charge in [-0.05, 0) is 43.9 Å². The number of hydrogen-bond donors (Lipinski definition) is 1. The summed E-state index contributed by atoms with van der Waals surface area (Å²) in [4.78, 5) is 10.2. The van der Waals surface area contributed by atoms with Crippen LogP contribution in [0.15, 0.2) is 18.2 Å². The minimum atomic E-state index is -0.224. The predicted octanol–water partition coefficient (Wildman–Crippen LogP) is 3.85. The molecule has 1 heterocycles. The van der Waals surface area contributed by atoms with Crippen molar-refractivity contribution in [3.8, 4) is 0 Å². The van der Waals surface area contributed by atoms with Crippen LogP contribution in [0.3, 0.4) is 0 Å². The number of nitrogens with one attached hydrogen (secondary N) is 1. The lowest BCUT2D eigenvalue weighted by molar-refractivity contribution is 0.382. The second-order valence-electron chi connectivity index (χ2n) is 5.04. The normalized spacial score (nSPS) is 15.7. The molecule has 3 rings (SSSR count). The number of alkyl halides is 1. The molecule has 0 amide bonds. The van der Waals surface area contributed by atoms with Gasteiger partial charge in [-0.2, -0.15) is 0 Å². The third-order valence-electron chi connectivity index (χ3n) is 3.75. The molecule has 1 aliphatic carbocycles. The maximum Gasteiger partial charge on any atom is 0.204 e. The van der Waals surface area contributed by atoms with Gasteiger partial charge in [0.1, 0.15) is 5.82 Å². The van der Waals surface area contributed by atoms with Crippen molar-refractivity contribution >= 4 is 32.9 Å². The summed E-state index contributed by atoms with van der Waals surface area (Å²) < 4.78 is 13.2. The summed E-state index contributed by atoms with van der Waals surface area (Å²) in [5, 5.41) is 0.991. The zero-order valence-electron chi connectivity index (χ0n) is 10.7. The predicted molar refractivity (Wildman–Crippen MR) is 79.4 cm³/mol. The zero-order valence-corrected chi connectivity index (χ0v) is 12.3. The van der Waals surface area contributed by atoms with Gasteiger partial charge in [-0.25, -0.2) is 9.37 Å². The molecule has 2 aromatic rings. The maximum atomic E-state index is 13.2. The van der Waals surface area contributed by atoms with Gasteiger partial charge >= 0.3 is 0 Å². The first kappa shape index (κ1) is 12.9. The lowest BCUT2D eigenvalue weighted by Gasteiger charge is -2.37. The number of aromatic amines is 1. The molecule has 0 saturated heterocycles. The fraction of sp³-hybridized carbons (Fsp3) is 0.500. The summed E-state index contributed by atoms with van der Waals surface area (Å²) in [6.07, 6.45) is 4.84. The number of hydrogen-bond acceptors (Lipinski definition) is 2. The van der Waals surface area contributed by atoms with E-state index in [9.17, 15) is 4.39 Å². The van der Waals surface area contributed by atoms with E-state index in [-0.39, 0.29) is 5.82 Å². The van der Waals surface area contributed by atoms with Crippen LogP contribution in [0.2, 0.25) is 0 Å². The Kier molecular flexibility index (Phi) is 3.73. The number of benzene rings is 1. The smallest absolute Gasteiger partial charge is 0.204 e. The molecule has 0 radical (unpaired) electrons. The van der Waals surface area contributed by atoms with Gasteiger partial charge in [-0.15, -0.1) is 0 Å². The molecule has 102 valence electrons. The van der Waals surface area contributed by atoms with Gasteiger partial charge in [0.05, 0.1) is 11.0 Å². The minimum absolute atomic E-state index is 0.224. The highest BCUT2D eigenvalue weighted by Crippen LogP contribution is 2.29. The van der Waals surface area contributed by atoms with E-state index in [1.54, 1.807) is 6.07 Å². The van der Waals surface area contributed by atoms with Crippen molar-refractivity contribution < 1.29 is 4.39 Å². The van der Waals surface area contributed by atoms with Crippen LogP contribution in [0.1, 0.15) is 25.7 Å². The fourth-order valence-electron chi connectivity index (χ4n) is 2.49. The first-order valence-electron chi connectivity index (χ1n) is 6.76. The highest BCUT2D eigenvalue weighted by atomic mass is 79.9. The number of imidazole rings is 1. The summed E-state index contributed by atoms with van der Waals surface area (Å²) in [5.74, 6) is 0.657. The van der Waals surface area contributed by atoms with Crippen LogP contribution in [0, 0.1) is 5.82 Å². The van der Waals surface area contributed by atoms with Crippen LogP contribution in [0.25, 0.3) is 11.0 Å².